The predicted octanol–water partition coefficient (Wildman–Crippen LogP) is 2.21. The molecule has 0 atom stereocenters. The van der Waals surface area contributed by atoms with Crippen LogP contribution in [0.15, 0.2) is 24.3 Å². The van der Waals surface area contributed by atoms with Gasteiger partial charge >= 0.3 is 12.1 Å². The van der Waals surface area contributed by atoms with Gasteiger partial charge in [0.25, 0.3) is 5.69 Å². The van der Waals surface area contributed by atoms with Gasteiger partial charge in [-0.1, -0.05) is 12.1 Å². The van der Waals surface area contributed by atoms with Crippen LogP contribution in [0.25, 0.3) is 0 Å². The summed E-state index contributed by atoms with van der Waals surface area (Å²) in [5.41, 5.74) is 0.181. The first-order valence-electron chi connectivity index (χ1n) is 7.03. The number of alkyl carbamates (subject to hydrolysis) is 1. The summed E-state index contributed by atoms with van der Waals surface area (Å²) in [6.45, 7) is 4.99. The minimum absolute atomic E-state index is 0.00676. The molecule has 1 rings (SSSR count). The molecule has 8 nitrogen and oxygen atoms in total. The first-order chi connectivity index (χ1) is 10.7. The van der Waals surface area contributed by atoms with E-state index in [9.17, 15) is 19.7 Å². The van der Waals surface area contributed by atoms with E-state index in [2.05, 4.69) is 5.32 Å². The number of amides is 1. The van der Waals surface area contributed by atoms with Crippen molar-refractivity contribution in [2.24, 2.45) is 0 Å². The zero-order chi connectivity index (χ0) is 17.5. The van der Waals surface area contributed by atoms with Gasteiger partial charge in [-0.15, -0.1) is 0 Å². The normalized spacial score (nSPS) is 10.7. The molecule has 1 amide bonds. The quantitative estimate of drug-likeness (QED) is 0.488. The van der Waals surface area contributed by atoms with Gasteiger partial charge in [-0.3, -0.25) is 14.9 Å². The average Bonchev–Trinajstić information content (AvgIpc) is 2.44. The SMILES string of the molecule is CC(C)(C)OC(=O)NCC(=O)OCCc1ccc([N+](=O)[O-])cc1. The third-order valence-electron chi connectivity index (χ3n) is 2.58. The molecule has 1 N–H and O–H groups in total. The summed E-state index contributed by atoms with van der Waals surface area (Å²) in [6, 6.07) is 5.98. The highest BCUT2D eigenvalue weighted by molar-refractivity contribution is 5.77. The zero-order valence-electron chi connectivity index (χ0n) is 13.3. The van der Waals surface area contributed by atoms with Crippen molar-refractivity contribution in [3.8, 4) is 0 Å². The second-order valence-corrected chi connectivity index (χ2v) is 5.75. The molecule has 23 heavy (non-hydrogen) atoms. The summed E-state index contributed by atoms with van der Waals surface area (Å²) in [5.74, 6) is -0.585. The number of hydrogen-bond donors (Lipinski definition) is 1. The summed E-state index contributed by atoms with van der Waals surface area (Å²) in [4.78, 5) is 32.9. The highest BCUT2D eigenvalue weighted by Gasteiger charge is 2.16. The predicted molar refractivity (Wildman–Crippen MR) is 82.0 cm³/mol. The van der Waals surface area contributed by atoms with Crippen LogP contribution in [0.4, 0.5) is 10.5 Å². The van der Waals surface area contributed by atoms with Crippen LogP contribution in [0.1, 0.15) is 26.3 Å². The molecule has 126 valence electrons. The third-order valence-corrected chi connectivity index (χ3v) is 2.58. The van der Waals surface area contributed by atoms with Crippen molar-refractivity contribution >= 4 is 17.7 Å². The van der Waals surface area contributed by atoms with Crippen molar-refractivity contribution < 1.29 is 24.0 Å². The number of carbonyl (C=O) groups excluding carboxylic acids is 2. The molecule has 0 saturated heterocycles. The van der Waals surface area contributed by atoms with Gasteiger partial charge in [-0.2, -0.15) is 0 Å². The number of ether oxygens (including phenoxy) is 2. The largest absolute Gasteiger partial charge is 0.464 e. The Bertz CT molecular complexity index is 562. The molecule has 0 spiro atoms. The molecule has 0 aliphatic rings. The van der Waals surface area contributed by atoms with Crippen molar-refractivity contribution in [3.63, 3.8) is 0 Å². The van der Waals surface area contributed by atoms with Crippen LogP contribution in [0.3, 0.4) is 0 Å². The highest BCUT2D eigenvalue weighted by Crippen LogP contribution is 2.12. The van der Waals surface area contributed by atoms with E-state index in [1.165, 1.54) is 12.1 Å². The van der Waals surface area contributed by atoms with Gasteiger partial charge in [0.2, 0.25) is 0 Å². The number of nitrogens with one attached hydrogen (secondary N) is 1. The molecule has 0 fully saturated rings. The molecular formula is C15H20N2O6. The smallest absolute Gasteiger partial charge is 0.408 e. The Kier molecular flexibility index (Phi) is 6.49. The number of esters is 1. The standard InChI is InChI=1S/C15H20N2O6/c1-15(2,3)23-14(19)16-10-13(18)22-9-8-11-4-6-12(7-5-11)17(20)21/h4-7H,8-10H2,1-3H3,(H,16,19). The topological polar surface area (TPSA) is 108 Å². The molecule has 0 aromatic heterocycles. The van der Waals surface area contributed by atoms with Gasteiger partial charge in [0, 0.05) is 18.6 Å². The van der Waals surface area contributed by atoms with Crippen molar-refractivity contribution in [1.29, 1.82) is 0 Å². The Labute approximate surface area is 133 Å². The van der Waals surface area contributed by atoms with Crippen LogP contribution < -0.4 is 5.32 Å². The summed E-state index contributed by atoms with van der Waals surface area (Å²) in [6.07, 6.45) is -0.263. The second-order valence-electron chi connectivity index (χ2n) is 5.75. The molecule has 0 unspecified atom stereocenters. The second kappa shape index (κ2) is 8.11. The molecule has 0 bridgehead atoms. The van der Waals surface area contributed by atoms with E-state index in [1.807, 2.05) is 0 Å². The van der Waals surface area contributed by atoms with Crippen molar-refractivity contribution in [3.05, 3.63) is 39.9 Å². The van der Waals surface area contributed by atoms with Crippen LogP contribution in [-0.2, 0) is 20.7 Å². The van der Waals surface area contributed by atoms with Gasteiger partial charge in [0.15, 0.2) is 0 Å². The summed E-state index contributed by atoms with van der Waals surface area (Å²) >= 11 is 0. The highest BCUT2D eigenvalue weighted by atomic mass is 16.6. The minimum Gasteiger partial charge on any atom is -0.464 e. The van der Waals surface area contributed by atoms with E-state index in [0.29, 0.717) is 6.42 Å². The van der Waals surface area contributed by atoms with Gasteiger partial charge in [0.05, 0.1) is 11.5 Å². The van der Waals surface area contributed by atoms with E-state index in [1.54, 1.807) is 32.9 Å². The van der Waals surface area contributed by atoms with E-state index in [0.717, 1.165) is 5.56 Å². The lowest BCUT2D eigenvalue weighted by atomic mass is 10.1. The van der Waals surface area contributed by atoms with Gasteiger partial charge in [-0.05, 0) is 26.3 Å². The van der Waals surface area contributed by atoms with E-state index >= 15 is 0 Å². The van der Waals surface area contributed by atoms with Crippen LogP contribution in [0, 0.1) is 10.1 Å². The lowest BCUT2D eigenvalue weighted by Gasteiger charge is -2.19. The average molecular weight is 324 g/mol. The van der Waals surface area contributed by atoms with Crippen LogP contribution in [0.5, 0.6) is 0 Å². The number of nitro benzene ring substituents is 1. The first-order valence-corrected chi connectivity index (χ1v) is 7.03. The molecule has 0 aliphatic carbocycles. The monoisotopic (exact) mass is 324 g/mol. The maximum Gasteiger partial charge on any atom is 0.408 e. The Morgan fingerprint density at radius 1 is 1.22 bits per heavy atom. The number of carbonyl (C=O) groups is 2. The molecule has 0 aliphatic heterocycles. The maximum absolute atomic E-state index is 11.5. The Hall–Kier alpha value is -2.64. The van der Waals surface area contributed by atoms with Crippen molar-refractivity contribution in [2.75, 3.05) is 13.2 Å². The van der Waals surface area contributed by atoms with E-state index in [4.69, 9.17) is 9.47 Å². The van der Waals surface area contributed by atoms with Crippen molar-refractivity contribution in [2.45, 2.75) is 32.8 Å². The number of nitrogens with zero attached hydrogens (tertiary/aromatic N) is 1. The molecule has 8 heteroatoms. The Morgan fingerprint density at radius 3 is 2.35 bits per heavy atom. The van der Waals surface area contributed by atoms with Gasteiger partial charge in [0.1, 0.15) is 12.1 Å². The van der Waals surface area contributed by atoms with E-state index in [-0.39, 0.29) is 18.8 Å². The molecule has 0 heterocycles. The van der Waals surface area contributed by atoms with Crippen LogP contribution in [-0.4, -0.2) is 35.7 Å². The third kappa shape index (κ3) is 7.79. The van der Waals surface area contributed by atoms with Gasteiger partial charge < -0.3 is 14.8 Å². The fraction of sp³-hybridized carbons (Fsp3) is 0.467. The molecule has 0 radical (unpaired) electrons. The molecule has 0 saturated carbocycles. The van der Waals surface area contributed by atoms with E-state index < -0.39 is 22.6 Å². The maximum atomic E-state index is 11.5. The van der Waals surface area contributed by atoms with Crippen molar-refractivity contribution in [1.82, 2.24) is 5.32 Å². The lowest BCUT2D eigenvalue weighted by molar-refractivity contribution is -0.384. The fourth-order valence-corrected chi connectivity index (χ4v) is 1.58. The Balaban J connectivity index is 2.26. The number of benzene rings is 1. The molecule has 1 aromatic rings. The fourth-order valence-electron chi connectivity index (χ4n) is 1.58. The number of non-ortho nitro benzene ring substituents is 1. The number of nitro groups is 1. The first kappa shape index (κ1) is 18.4. The number of hydrogen-bond acceptors (Lipinski definition) is 6. The van der Waals surface area contributed by atoms with Gasteiger partial charge in [-0.25, -0.2) is 4.79 Å². The molecular weight excluding hydrogens is 304 g/mol. The molecule has 1 aromatic carbocycles. The number of rotatable bonds is 6. The minimum atomic E-state index is -0.690. The Morgan fingerprint density at radius 2 is 1.83 bits per heavy atom. The summed E-state index contributed by atoms with van der Waals surface area (Å²) in [5, 5.41) is 12.8. The lowest BCUT2D eigenvalue weighted by Crippen LogP contribution is -2.36. The van der Waals surface area contributed by atoms with Crippen LogP contribution in [0.2, 0.25) is 0 Å². The van der Waals surface area contributed by atoms with Crippen LogP contribution >= 0.6 is 0 Å². The summed E-state index contributed by atoms with van der Waals surface area (Å²) < 4.78 is 9.94. The zero-order valence-corrected chi connectivity index (χ0v) is 13.3. The summed E-state index contributed by atoms with van der Waals surface area (Å²) in [7, 11) is 0.